The van der Waals surface area contributed by atoms with Crippen molar-refractivity contribution in [2.24, 2.45) is 0 Å². The van der Waals surface area contributed by atoms with Crippen LogP contribution in [0.2, 0.25) is 5.02 Å². The van der Waals surface area contributed by atoms with E-state index < -0.39 is 17.7 Å². The summed E-state index contributed by atoms with van der Waals surface area (Å²) in [5.74, 6) is 0.506. The lowest BCUT2D eigenvalue weighted by Crippen LogP contribution is -2.26. The van der Waals surface area contributed by atoms with E-state index in [1.54, 1.807) is 49.4 Å². The van der Waals surface area contributed by atoms with Crippen molar-refractivity contribution < 1.29 is 23.4 Å². The van der Waals surface area contributed by atoms with Crippen molar-refractivity contribution in [3.8, 4) is 11.5 Å². The summed E-state index contributed by atoms with van der Waals surface area (Å²) in [4.78, 5) is 24.0. The Morgan fingerprint density at radius 2 is 1.81 bits per heavy atom. The number of hydrogen-bond acceptors (Lipinski definition) is 6. The van der Waals surface area contributed by atoms with Gasteiger partial charge in [-0.1, -0.05) is 11.6 Å². The third kappa shape index (κ3) is 4.60. The molecule has 0 aliphatic carbocycles. The summed E-state index contributed by atoms with van der Waals surface area (Å²) >= 11 is 5.82. The summed E-state index contributed by atoms with van der Waals surface area (Å²) in [6, 6.07) is 13.0. The van der Waals surface area contributed by atoms with Crippen LogP contribution < -0.4 is 15.1 Å². The average molecular weight is 389 g/mol. The average Bonchev–Trinajstić information content (AvgIpc) is 2.66. The quantitative estimate of drug-likeness (QED) is 0.470. The lowest BCUT2D eigenvalue weighted by atomic mass is 10.1. The van der Waals surface area contributed by atoms with Gasteiger partial charge >= 0.3 is 11.6 Å². The molecular weight excluding hydrogens is 372 g/mol. The molecule has 1 heterocycles. The topological polar surface area (TPSA) is 75.0 Å². The molecule has 0 aliphatic rings. The minimum Gasteiger partial charge on any atom is -0.497 e. The van der Waals surface area contributed by atoms with Gasteiger partial charge in [0, 0.05) is 28.1 Å². The highest BCUT2D eigenvalue weighted by molar-refractivity contribution is 6.30. The number of benzene rings is 2. The Morgan fingerprint density at radius 1 is 1.11 bits per heavy atom. The van der Waals surface area contributed by atoms with Crippen molar-refractivity contribution in [2.75, 3.05) is 7.11 Å². The van der Waals surface area contributed by atoms with Gasteiger partial charge in [-0.15, -0.1) is 0 Å². The molecule has 1 aromatic heterocycles. The number of ether oxygens (including phenoxy) is 3. The first kappa shape index (κ1) is 18.8. The number of fused-ring (bicyclic) bond motifs is 1. The first-order valence-electron chi connectivity index (χ1n) is 8.16. The van der Waals surface area contributed by atoms with Crippen LogP contribution in [0.4, 0.5) is 0 Å². The van der Waals surface area contributed by atoms with Crippen LogP contribution >= 0.6 is 11.6 Å². The summed E-state index contributed by atoms with van der Waals surface area (Å²) in [5.41, 5.74) is 0.363. The Bertz CT molecular complexity index is 1010. The molecule has 0 spiro atoms. The summed E-state index contributed by atoms with van der Waals surface area (Å²) in [5, 5.41) is 1.23. The molecule has 0 aliphatic heterocycles. The highest BCUT2D eigenvalue weighted by Crippen LogP contribution is 2.23. The fraction of sp³-hybridized carbons (Fsp3) is 0.200. The maximum absolute atomic E-state index is 12.2. The van der Waals surface area contributed by atoms with Crippen LogP contribution in [0, 0.1) is 0 Å². The second-order valence-corrected chi connectivity index (χ2v) is 6.21. The van der Waals surface area contributed by atoms with Gasteiger partial charge in [0.05, 0.1) is 7.11 Å². The van der Waals surface area contributed by atoms with Crippen LogP contribution in [-0.4, -0.2) is 19.2 Å². The predicted molar refractivity (Wildman–Crippen MR) is 100 cm³/mol. The molecule has 2 aromatic carbocycles. The van der Waals surface area contributed by atoms with Gasteiger partial charge in [-0.3, -0.25) is 0 Å². The number of halogens is 1. The highest BCUT2D eigenvalue weighted by atomic mass is 35.5. The minimum absolute atomic E-state index is 0.0818. The van der Waals surface area contributed by atoms with Gasteiger partial charge in [-0.05, 0) is 43.3 Å². The van der Waals surface area contributed by atoms with Crippen molar-refractivity contribution >= 4 is 28.5 Å². The number of hydrogen-bond donors (Lipinski definition) is 0. The number of rotatable bonds is 6. The minimum atomic E-state index is -0.822. The molecule has 0 saturated heterocycles. The zero-order chi connectivity index (χ0) is 19.4. The number of methoxy groups -OCH3 is 1. The second-order valence-electron chi connectivity index (χ2n) is 5.77. The van der Waals surface area contributed by atoms with Gasteiger partial charge in [0.25, 0.3) is 0 Å². The first-order valence-corrected chi connectivity index (χ1v) is 8.53. The lowest BCUT2D eigenvalue weighted by molar-refractivity contribution is -0.152. The largest absolute Gasteiger partial charge is 0.497 e. The standard InChI is InChI=1S/C20H17ClO6/c1-12(26-15-5-3-14(21)4-6-15)20(23)25-11-13-9-19(22)27-18-10-16(24-2)7-8-17(13)18/h3-10,12H,11H2,1-2H3/t12-/m1/s1. The zero-order valence-corrected chi connectivity index (χ0v) is 15.5. The first-order chi connectivity index (χ1) is 13.0. The molecule has 0 bridgehead atoms. The molecule has 0 saturated carbocycles. The van der Waals surface area contributed by atoms with Crippen molar-refractivity contribution in [1.29, 1.82) is 0 Å². The lowest BCUT2D eigenvalue weighted by Gasteiger charge is -2.14. The van der Waals surface area contributed by atoms with E-state index >= 15 is 0 Å². The van der Waals surface area contributed by atoms with E-state index in [0.29, 0.717) is 33.1 Å². The number of esters is 1. The van der Waals surface area contributed by atoms with E-state index in [1.165, 1.54) is 13.2 Å². The van der Waals surface area contributed by atoms with Crippen LogP contribution in [0.15, 0.2) is 57.7 Å². The Labute approximate surface area is 160 Å². The van der Waals surface area contributed by atoms with E-state index in [-0.39, 0.29) is 6.61 Å². The third-order valence-corrected chi connectivity index (χ3v) is 4.12. The van der Waals surface area contributed by atoms with Crippen molar-refractivity contribution in [2.45, 2.75) is 19.6 Å². The fourth-order valence-corrected chi connectivity index (χ4v) is 2.61. The van der Waals surface area contributed by atoms with Crippen LogP contribution in [0.25, 0.3) is 11.0 Å². The molecule has 0 unspecified atom stereocenters. The van der Waals surface area contributed by atoms with E-state index in [2.05, 4.69) is 0 Å². The summed E-state index contributed by atoms with van der Waals surface area (Å²) in [6.07, 6.45) is -0.822. The molecule has 0 fully saturated rings. The third-order valence-electron chi connectivity index (χ3n) is 3.87. The molecule has 0 N–H and O–H groups in total. The van der Waals surface area contributed by atoms with E-state index in [9.17, 15) is 9.59 Å². The molecule has 0 amide bonds. The monoisotopic (exact) mass is 388 g/mol. The van der Waals surface area contributed by atoms with Crippen molar-refractivity contribution in [3.63, 3.8) is 0 Å². The van der Waals surface area contributed by atoms with Gasteiger partial charge in [0.2, 0.25) is 0 Å². The Morgan fingerprint density at radius 3 is 2.52 bits per heavy atom. The molecule has 0 radical (unpaired) electrons. The second kappa shape index (κ2) is 8.14. The van der Waals surface area contributed by atoms with Crippen molar-refractivity contribution in [1.82, 2.24) is 0 Å². The molecule has 140 valence electrons. The molecule has 6 nitrogen and oxygen atoms in total. The smallest absolute Gasteiger partial charge is 0.347 e. The molecule has 7 heteroatoms. The molecule has 27 heavy (non-hydrogen) atoms. The number of carbonyl (C=O) groups excluding carboxylic acids is 1. The van der Waals surface area contributed by atoms with Crippen LogP contribution in [0.3, 0.4) is 0 Å². The molecule has 3 aromatic rings. The fourth-order valence-electron chi connectivity index (χ4n) is 2.49. The molecule has 1 atom stereocenters. The highest BCUT2D eigenvalue weighted by Gasteiger charge is 2.17. The normalized spacial score (nSPS) is 11.8. The van der Waals surface area contributed by atoms with Crippen LogP contribution in [-0.2, 0) is 16.1 Å². The Balaban J connectivity index is 1.71. The number of carbonyl (C=O) groups is 1. The van der Waals surface area contributed by atoms with E-state index in [0.717, 1.165) is 0 Å². The zero-order valence-electron chi connectivity index (χ0n) is 14.7. The summed E-state index contributed by atoms with van der Waals surface area (Å²) in [7, 11) is 1.52. The van der Waals surface area contributed by atoms with Gasteiger partial charge in [0.1, 0.15) is 23.7 Å². The van der Waals surface area contributed by atoms with Crippen LogP contribution in [0.1, 0.15) is 12.5 Å². The van der Waals surface area contributed by atoms with E-state index in [4.69, 9.17) is 30.2 Å². The predicted octanol–water partition coefficient (Wildman–Crippen LogP) is 3.97. The summed E-state index contributed by atoms with van der Waals surface area (Å²) in [6.45, 7) is 1.50. The Hall–Kier alpha value is -2.99. The maximum atomic E-state index is 12.2. The SMILES string of the molecule is COc1ccc2c(COC(=O)[C@@H](C)Oc3ccc(Cl)cc3)cc(=O)oc2c1. The summed E-state index contributed by atoms with van der Waals surface area (Å²) < 4.78 is 21.1. The van der Waals surface area contributed by atoms with Crippen molar-refractivity contribution in [3.05, 3.63) is 69.5 Å². The Kier molecular flexibility index (Phi) is 5.66. The maximum Gasteiger partial charge on any atom is 0.347 e. The molecule has 3 rings (SSSR count). The van der Waals surface area contributed by atoms with Gasteiger partial charge in [0.15, 0.2) is 6.10 Å². The van der Waals surface area contributed by atoms with E-state index in [1.807, 2.05) is 0 Å². The van der Waals surface area contributed by atoms with Gasteiger partial charge in [-0.2, -0.15) is 0 Å². The van der Waals surface area contributed by atoms with Gasteiger partial charge in [-0.25, -0.2) is 9.59 Å². The van der Waals surface area contributed by atoms with Gasteiger partial charge < -0.3 is 18.6 Å². The molecular formula is C20H17ClO6. The van der Waals surface area contributed by atoms with Crippen LogP contribution in [0.5, 0.6) is 11.5 Å².